The van der Waals surface area contributed by atoms with Crippen molar-refractivity contribution in [3.05, 3.63) is 76.3 Å². The minimum atomic E-state index is -0.409. The second-order valence-corrected chi connectivity index (χ2v) is 9.09. The zero-order chi connectivity index (χ0) is 23.0. The molecule has 1 amide bonds. The molecule has 2 atom stereocenters. The van der Waals surface area contributed by atoms with E-state index in [1.54, 1.807) is 12.3 Å². The van der Waals surface area contributed by atoms with Gasteiger partial charge < -0.3 is 15.5 Å². The van der Waals surface area contributed by atoms with Crippen LogP contribution in [0.2, 0.25) is 0 Å². The topological polar surface area (TPSA) is 74.3 Å². The molecular formula is C26H30N4O2. The fourth-order valence-corrected chi connectivity index (χ4v) is 4.56. The Hall–Kier alpha value is -3.41. The molecule has 1 aliphatic carbocycles. The molecule has 2 N–H and O–H groups in total. The van der Waals surface area contributed by atoms with Gasteiger partial charge in [-0.2, -0.15) is 0 Å². The molecule has 0 bridgehead atoms. The van der Waals surface area contributed by atoms with Gasteiger partial charge in [-0.1, -0.05) is 25.1 Å². The Morgan fingerprint density at radius 3 is 2.44 bits per heavy atom. The number of anilines is 2. The summed E-state index contributed by atoms with van der Waals surface area (Å²) in [6, 6.07) is 11.8. The second kappa shape index (κ2) is 8.61. The summed E-state index contributed by atoms with van der Waals surface area (Å²) >= 11 is 0. The predicted molar refractivity (Wildman–Crippen MR) is 127 cm³/mol. The maximum absolute atomic E-state index is 13.5. The highest BCUT2D eigenvalue weighted by atomic mass is 16.2. The number of allylic oxidation sites excluding steroid dienone is 3. The van der Waals surface area contributed by atoms with Gasteiger partial charge in [-0.3, -0.25) is 9.59 Å². The summed E-state index contributed by atoms with van der Waals surface area (Å²) in [5.41, 5.74) is 6.02. The molecule has 2 heterocycles. The number of nitrogens with one attached hydrogen (secondary N) is 2. The van der Waals surface area contributed by atoms with Crippen molar-refractivity contribution in [3.8, 4) is 0 Å². The van der Waals surface area contributed by atoms with Gasteiger partial charge in [0.05, 0.1) is 0 Å². The van der Waals surface area contributed by atoms with Gasteiger partial charge in [-0.15, -0.1) is 0 Å². The molecule has 0 radical (unpaired) electrons. The average Bonchev–Trinajstić information content (AvgIpc) is 2.74. The van der Waals surface area contributed by atoms with Crippen LogP contribution < -0.4 is 15.5 Å². The molecule has 32 heavy (non-hydrogen) atoms. The van der Waals surface area contributed by atoms with Gasteiger partial charge in [0, 0.05) is 60.9 Å². The smallest absolute Gasteiger partial charge is 0.255 e. The Morgan fingerprint density at radius 1 is 1.09 bits per heavy atom. The molecule has 1 aromatic carbocycles. The van der Waals surface area contributed by atoms with E-state index < -0.39 is 5.92 Å². The fraction of sp³-hybridized carbons (Fsp3) is 0.346. The van der Waals surface area contributed by atoms with Crippen LogP contribution in [0.5, 0.6) is 0 Å². The highest BCUT2D eigenvalue weighted by Crippen LogP contribution is 2.43. The maximum Gasteiger partial charge on any atom is 0.255 e. The maximum atomic E-state index is 13.5. The van der Waals surface area contributed by atoms with Crippen molar-refractivity contribution in [2.24, 2.45) is 5.92 Å². The quantitative estimate of drug-likeness (QED) is 0.756. The van der Waals surface area contributed by atoms with E-state index in [1.165, 1.54) is 0 Å². The number of carbonyl (C=O) groups excluding carboxylic acids is 2. The van der Waals surface area contributed by atoms with Crippen molar-refractivity contribution >= 4 is 23.2 Å². The zero-order valence-electron chi connectivity index (χ0n) is 19.3. The molecule has 0 fully saturated rings. The number of pyridine rings is 1. The van der Waals surface area contributed by atoms with E-state index in [0.717, 1.165) is 34.6 Å². The van der Waals surface area contributed by atoms with Crippen molar-refractivity contribution in [2.75, 3.05) is 24.3 Å². The van der Waals surface area contributed by atoms with Crippen LogP contribution >= 0.6 is 0 Å². The van der Waals surface area contributed by atoms with Crippen LogP contribution in [0.25, 0.3) is 0 Å². The Kier molecular flexibility index (Phi) is 5.87. The fourth-order valence-electron chi connectivity index (χ4n) is 4.56. The summed E-state index contributed by atoms with van der Waals surface area (Å²) in [5, 5.41) is 6.31. The van der Waals surface area contributed by atoms with Crippen molar-refractivity contribution in [3.63, 3.8) is 0 Å². The molecule has 166 valence electrons. The SMILES string of the molecule is CC1=C(C(=O)Nc2ccc(C)cn2)[C@@H](c2ccc(N(C)C)cc2)C2=C(C[C@H](C)CC2=O)N1. The lowest BCUT2D eigenvalue weighted by Gasteiger charge is -2.36. The van der Waals surface area contributed by atoms with Crippen LogP contribution in [-0.4, -0.2) is 30.8 Å². The predicted octanol–water partition coefficient (Wildman–Crippen LogP) is 4.31. The number of hydrogen-bond donors (Lipinski definition) is 2. The molecule has 2 aromatic rings. The number of dihydropyridines is 1. The number of nitrogens with zero attached hydrogens (tertiary/aromatic N) is 2. The van der Waals surface area contributed by atoms with E-state index in [1.807, 2.05) is 63.2 Å². The Morgan fingerprint density at radius 2 is 1.81 bits per heavy atom. The van der Waals surface area contributed by atoms with Gasteiger partial charge in [-0.05, 0) is 55.5 Å². The van der Waals surface area contributed by atoms with Crippen LogP contribution in [0.4, 0.5) is 11.5 Å². The van der Waals surface area contributed by atoms with E-state index in [4.69, 9.17) is 0 Å². The van der Waals surface area contributed by atoms with Crippen molar-refractivity contribution in [1.29, 1.82) is 0 Å². The molecule has 0 saturated heterocycles. The van der Waals surface area contributed by atoms with Gasteiger partial charge in [0.2, 0.25) is 0 Å². The van der Waals surface area contributed by atoms with Gasteiger partial charge >= 0.3 is 0 Å². The van der Waals surface area contributed by atoms with Crippen molar-refractivity contribution in [1.82, 2.24) is 10.3 Å². The summed E-state index contributed by atoms with van der Waals surface area (Å²) in [4.78, 5) is 33.0. The first-order chi connectivity index (χ1) is 15.2. The minimum Gasteiger partial charge on any atom is -0.378 e. The summed E-state index contributed by atoms with van der Waals surface area (Å²) in [6.45, 7) is 5.95. The molecule has 1 aromatic heterocycles. The van der Waals surface area contributed by atoms with Crippen molar-refractivity contribution < 1.29 is 9.59 Å². The van der Waals surface area contributed by atoms with E-state index in [0.29, 0.717) is 23.4 Å². The summed E-state index contributed by atoms with van der Waals surface area (Å²) in [5.74, 6) is 0.231. The molecule has 6 heteroatoms. The lowest BCUT2D eigenvalue weighted by Crippen LogP contribution is -2.37. The molecular weight excluding hydrogens is 400 g/mol. The van der Waals surface area contributed by atoms with Gasteiger partial charge in [0.15, 0.2) is 5.78 Å². The average molecular weight is 431 g/mol. The monoisotopic (exact) mass is 430 g/mol. The third kappa shape index (κ3) is 4.17. The van der Waals surface area contributed by atoms with Crippen molar-refractivity contribution in [2.45, 2.75) is 39.5 Å². The number of aryl methyl sites for hydroxylation is 1. The zero-order valence-corrected chi connectivity index (χ0v) is 19.3. The number of amides is 1. The lowest BCUT2D eigenvalue weighted by molar-refractivity contribution is -0.117. The Bertz CT molecular complexity index is 1110. The molecule has 0 saturated carbocycles. The van der Waals surface area contributed by atoms with E-state index in [2.05, 4.69) is 22.5 Å². The summed E-state index contributed by atoms with van der Waals surface area (Å²) < 4.78 is 0. The molecule has 4 rings (SSSR count). The molecule has 2 aliphatic rings. The summed E-state index contributed by atoms with van der Waals surface area (Å²) in [7, 11) is 3.98. The number of benzene rings is 1. The third-order valence-corrected chi connectivity index (χ3v) is 6.17. The number of rotatable bonds is 4. The van der Waals surface area contributed by atoms with Crippen LogP contribution in [-0.2, 0) is 9.59 Å². The third-order valence-electron chi connectivity index (χ3n) is 6.17. The number of ketones is 1. The van der Waals surface area contributed by atoms with Crippen LogP contribution in [0, 0.1) is 12.8 Å². The number of carbonyl (C=O) groups is 2. The molecule has 1 aliphatic heterocycles. The molecule has 0 spiro atoms. The van der Waals surface area contributed by atoms with E-state index in [9.17, 15) is 9.59 Å². The summed E-state index contributed by atoms with van der Waals surface area (Å²) in [6.07, 6.45) is 3.03. The van der Waals surface area contributed by atoms with E-state index in [-0.39, 0.29) is 17.6 Å². The van der Waals surface area contributed by atoms with Gasteiger partial charge in [0.25, 0.3) is 5.91 Å². The molecule has 0 unspecified atom stereocenters. The lowest BCUT2D eigenvalue weighted by atomic mass is 9.73. The van der Waals surface area contributed by atoms with E-state index >= 15 is 0 Å². The van der Waals surface area contributed by atoms with Crippen LogP contribution in [0.1, 0.15) is 43.7 Å². The second-order valence-electron chi connectivity index (χ2n) is 9.09. The van der Waals surface area contributed by atoms with Gasteiger partial charge in [0.1, 0.15) is 5.82 Å². The largest absolute Gasteiger partial charge is 0.378 e. The first kappa shape index (κ1) is 21.8. The number of Topliss-reactive ketones (excluding diaryl/α,β-unsaturated/α-hetero) is 1. The first-order valence-corrected chi connectivity index (χ1v) is 11.0. The normalized spacial score (nSPS) is 20.6. The highest BCUT2D eigenvalue weighted by molar-refractivity contribution is 6.09. The Labute approximate surface area is 189 Å². The standard InChI is InChI=1S/C26H30N4O2/c1-15-6-11-22(27-14-15)29-26(32)23-17(3)28-20-12-16(2)13-21(31)25(20)24(23)18-7-9-19(10-8-18)30(4)5/h6-11,14,16,24,28H,12-13H2,1-5H3,(H,27,29,32)/t16-,24+/m0/s1. The van der Waals surface area contributed by atoms with Crippen LogP contribution in [0.3, 0.4) is 0 Å². The molecule has 6 nitrogen and oxygen atoms in total. The Balaban J connectivity index is 1.77. The minimum absolute atomic E-state index is 0.110. The van der Waals surface area contributed by atoms with Gasteiger partial charge in [-0.25, -0.2) is 4.98 Å². The first-order valence-electron chi connectivity index (χ1n) is 11.0. The number of hydrogen-bond acceptors (Lipinski definition) is 5. The number of aromatic nitrogens is 1. The highest BCUT2D eigenvalue weighted by Gasteiger charge is 2.39. The van der Waals surface area contributed by atoms with Crippen LogP contribution in [0.15, 0.2) is 65.1 Å².